The van der Waals surface area contributed by atoms with Crippen LogP contribution in [0.25, 0.3) is 11.0 Å². The lowest BCUT2D eigenvalue weighted by atomic mass is 10.0. The van der Waals surface area contributed by atoms with E-state index in [1.165, 1.54) is 42.6 Å². The summed E-state index contributed by atoms with van der Waals surface area (Å²) in [5, 5.41) is 7.49. The van der Waals surface area contributed by atoms with E-state index in [9.17, 15) is 18.4 Å². The molecule has 0 radical (unpaired) electrons. The average Bonchev–Trinajstić information content (AvgIpc) is 2.84. The predicted molar refractivity (Wildman–Crippen MR) is 126 cm³/mol. The second-order valence-electron chi connectivity index (χ2n) is 7.38. The Morgan fingerprint density at radius 3 is 2.54 bits per heavy atom. The number of aromatic nitrogens is 2. The SMILES string of the molecule is NCCNc1cnc2ccc(C(=O)c3c(F)ccc(NC(=O)Nc4cccc(F)c4)c3F)cc2n1. The lowest BCUT2D eigenvalue weighted by Crippen LogP contribution is -2.21. The quantitative estimate of drug-likeness (QED) is 0.293. The number of fused-ring (bicyclic) bond motifs is 1. The predicted octanol–water partition coefficient (Wildman–Crippen LogP) is 4.29. The summed E-state index contributed by atoms with van der Waals surface area (Å²) in [7, 11) is 0. The highest BCUT2D eigenvalue weighted by molar-refractivity contribution is 6.11. The number of rotatable bonds is 7. The Kier molecular flexibility index (Phi) is 6.88. The van der Waals surface area contributed by atoms with Gasteiger partial charge in [-0.25, -0.2) is 22.9 Å². The van der Waals surface area contributed by atoms with Crippen molar-refractivity contribution in [2.75, 3.05) is 29.0 Å². The molecular weight excluding hydrogens is 461 g/mol. The normalized spacial score (nSPS) is 10.7. The van der Waals surface area contributed by atoms with E-state index in [4.69, 9.17) is 5.73 Å². The molecule has 0 aliphatic rings. The number of anilines is 3. The Morgan fingerprint density at radius 2 is 1.77 bits per heavy atom. The third-order valence-corrected chi connectivity index (χ3v) is 4.90. The van der Waals surface area contributed by atoms with E-state index >= 15 is 4.39 Å². The molecule has 0 spiro atoms. The van der Waals surface area contributed by atoms with E-state index in [0.717, 1.165) is 18.2 Å². The third-order valence-electron chi connectivity index (χ3n) is 4.90. The summed E-state index contributed by atoms with van der Waals surface area (Å²) >= 11 is 0. The zero-order valence-electron chi connectivity index (χ0n) is 18.1. The molecule has 5 N–H and O–H groups in total. The van der Waals surface area contributed by atoms with Crippen LogP contribution in [0.2, 0.25) is 0 Å². The highest BCUT2D eigenvalue weighted by atomic mass is 19.1. The molecule has 11 heteroatoms. The minimum Gasteiger partial charge on any atom is -0.368 e. The van der Waals surface area contributed by atoms with Crippen LogP contribution in [-0.2, 0) is 0 Å². The molecule has 0 aliphatic carbocycles. The van der Waals surface area contributed by atoms with E-state index in [1.54, 1.807) is 0 Å². The standard InChI is InChI=1S/C24H19F3N6O2/c25-14-2-1-3-15(11-14)31-24(35)33-18-7-5-16(26)21(22(18)27)23(34)13-4-6-17-19(10-13)32-20(12-30-17)29-9-8-28/h1-7,10-12H,8-9,28H2,(H,29,32)(H2,31,33,35). The van der Waals surface area contributed by atoms with Gasteiger partial charge in [0.15, 0.2) is 11.6 Å². The first-order valence-corrected chi connectivity index (χ1v) is 10.4. The van der Waals surface area contributed by atoms with Crippen molar-refractivity contribution in [1.82, 2.24) is 9.97 Å². The molecule has 2 amide bonds. The number of hydrogen-bond donors (Lipinski definition) is 4. The minimum absolute atomic E-state index is 0.0260. The fourth-order valence-corrected chi connectivity index (χ4v) is 3.29. The first-order chi connectivity index (χ1) is 16.9. The molecule has 0 saturated carbocycles. The van der Waals surface area contributed by atoms with Crippen LogP contribution in [0, 0.1) is 17.5 Å². The van der Waals surface area contributed by atoms with Crippen molar-refractivity contribution in [2.24, 2.45) is 5.73 Å². The van der Waals surface area contributed by atoms with E-state index < -0.39 is 40.5 Å². The largest absolute Gasteiger partial charge is 0.368 e. The highest BCUT2D eigenvalue weighted by Crippen LogP contribution is 2.25. The van der Waals surface area contributed by atoms with Crippen LogP contribution in [0.3, 0.4) is 0 Å². The summed E-state index contributed by atoms with van der Waals surface area (Å²) in [4.78, 5) is 33.8. The van der Waals surface area contributed by atoms with Gasteiger partial charge in [-0.05, 0) is 48.5 Å². The van der Waals surface area contributed by atoms with Gasteiger partial charge in [-0.15, -0.1) is 0 Å². The second kappa shape index (κ2) is 10.2. The molecule has 4 rings (SSSR count). The smallest absolute Gasteiger partial charge is 0.323 e. The summed E-state index contributed by atoms with van der Waals surface area (Å²) < 4.78 is 43.0. The topological polar surface area (TPSA) is 122 Å². The molecule has 4 aromatic rings. The molecule has 0 atom stereocenters. The lowest BCUT2D eigenvalue weighted by Gasteiger charge is -2.12. The average molecular weight is 480 g/mol. The fraction of sp³-hybridized carbons (Fsp3) is 0.0833. The van der Waals surface area contributed by atoms with E-state index in [-0.39, 0.29) is 11.3 Å². The van der Waals surface area contributed by atoms with Gasteiger partial charge in [0.05, 0.1) is 28.5 Å². The summed E-state index contributed by atoms with van der Waals surface area (Å²) in [5.41, 5.74) is 5.09. The van der Waals surface area contributed by atoms with Crippen LogP contribution in [-0.4, -0.2) is 34.9 Å². The van der Waals surface area contributed by atoms with Gasteiger partial charge in [-0.3, -0.25) is 9.78 Å². The van der Waals surface area contributed by atoms with Gasteiger partial charge in [-0.2, -0.15) is 0 Å². The summed E-state index contributed by atoms with van der Waals surface area (Å²) in [5.74, 6) is -3.45. The maximum Gasteiger partial charge on any atom is 0.323 e. The summed E-state index contributed by atoms with van der Waals surface area (Å²) in [6.07, 6.45) is 1.50. The molecular formula is C24H19F3N6O2. The molecule has 0 unspecified atom stereocenters. The van der Waals surface area contributed by atoms with Crippen LogP contribution >= 0.6 is 0 Å². The van der Waals surface area contributed by atoms with Crippen LogP contribution < -0.4 is 21.7 Å². The Labute approximate surface area is 197 Å². The number of carbonyl (C=O) groups excluding carboxylic acids is 2. The second-order valence-corrected chi connectivity index (χ2v) is 7.38. The summed E-state index contributed by atoms with van der Waals surface area (Å²) in [6, 6.07) is 10.3. The van der Waals surface area contributed by atoms with Crippen LogP contribution in [0.1, 0.15) is 15.9 Å². The van der Waals surface area contributed by atoms with Gasteiger partial charge < -0.3 is 21.7 Å². The summed E-state index contributed by atoms with van der Waals surface area (Å²) in [6.45, 7) is 0.837. The van der Waals surface area contributed by atoms with Crippen molar-refractivity contribution >= 4 is 40.0 Å². The van der Waals surface area contributed by atoms with Crippen molar-refractivity contribution in [3.63, 3.8) is 0 Å². The number of halogens is 3. The Hall–Kier alpha value is -4.51. The molecule has 8 nitrogen and oxygen atoms in total. The monoisotopic (exact) mass is 480 g/mol. The van der Waals surface area contributed by atoms with Gasteiger partial charge in [0.2, 0.25) is 0 Å². The van der Waals surface area contributed by atoms with Crippen molar-refractivity contribution in [3.8, 4) is 0 Å². The molecule has 0 fully saturated rings. The fourth-order valence-electron chi connectivity index (χ4n) is 3.29. The maximum absolute atomic E-state index is 15.1. The highest BCUT2D eigenvalue weighted by Gasteiger charge is 2.23. The lowest BCUT2D eigenvalue weighted by molar-refractivity contribution is 0.103. The number of urea groups is 1. The van der Waals surface area contributed by atoms with Gasteiger partial charge >= 0.3 is 6.03 Å². The first kappa shape index (κ1) is 23.6. The van der Waals surface area contributed by atoms with Crippen molar-refractivity contribution in [1.29, 1.82) is 0 Å². The number of nitrogens with two attached hydrogens (primary N) is 1. The van der Waals surface area contributed by atoms with Crippen molar-refractivity contribution < 1.29 is 22.8 Å². The number of nitrogens with zero attached hydrogens (tertiary/aromatic N) is 2. The number of carbonyl (C=O) groups is 2. The Balaban J connectivity index is 1.60. The molecule has 1 heterocycles. The third kappa shape index (κ3) is 5.36. The molecule has 178 valence electrons. The zero-order chi connectivity index (χ0) is 24.9. The van der Waals surface area contributed by atoms with Crippen LogP contribution in [0.5, 0.6) is 0 Å². The van der Waals surface area contributed by atoms with Gasteiger partial charge in [-0.1, -0.05) is 6.07 Å². The molecule has 0 aliphatic heterocycles. The van der Waals surface area contributed by atoms with Gasteiger partial charge in [0.1, 0.15) is 17.5 Å². The minimum atomic E-state index is -1.26. The zero-order valence-corrected chi connectivity index (χ0v) is 18.1. The number of ketones is 1. The molecule has 1 aromatic heterocycles. The number of amides is 2. The molecule has 3 aromatic carbocycles. The van der Waals surface area contributed by atoms with Crippen molar-refractivity contribution in [3.05, 3.63) is 89.4 Å². The number of nitrogens with one attached hydrogen (secondary N) is 3. The molecule has 35 heavy (non-hydrogen) atoms. The molecule has 0 bridgehead atoms. The number of benzene rings is 3. The van der Waals surface area contributed by atoms with E-state index in [2.05, 4.69) is 25.9 Å². The Bertz CT molecular complexity index is 1430. The molecule has 0 saturated heterocycles. The van der Waals surface area contributed by atoms with Gasteiger partial charge in [0.25, 0.3) is 0 Å². The van der Waals surface area contributed by atoms with Crippen molar-refractivity contribution in [2.45, 2.75) is 0 Å². The van der Waals surface area contributed by atoms with Gasteiger partial charge in [0, 0.05) is 24.3 Å². The van der Waals surface area contributed by atoms with Crippen LogP contribution in [0.4, 0.5) is 35.2 Å². The Morgan fingerprint density at radius 1 is 0.943 bits per heavy atom. The van der Waals surface area contributed by atoms with Crippen LogP contribution in [0.15, 0.2) is 60.8 Å². The van der Waals surface area contributed by atoms with E-state index in [1.807, 2.05) is 0 Å². The number of hydrogen-bond acceptors (Lipinski definition) is 6. The maximum atomic E-state index is 15.1. The first-order valence-electron chi connectivity index (χ1n) is 10.4. The van der Waals surface area contributed by atoms with E-state index in [0.29, 0.717) is 29.9 Å².